The summed E-state index contributed by atoms with van der Waals surface area (Å²) >= 11 is 10.5. The standard InChI is InChI=1S/C5H5Cl2N2OP/c6-11(7,10)4-2-5-1-3-8-9-5/h1-4H,(H,8,9). The van der Waals surface area contributed by atoms with Gasteiger partial charge in [0.25, 0.3) is 5.85 Å². The predicted octanol–water partition coefficient (Wildman–Crippen LogP) is 3.05. The highest BCUT2D eigenvalue weighted by Crippen LogP contribution is 2.58. The Morgan fingerprint density at radius 3 is 2.82 bits per heavy atom. The first-order valence-corrected chi connectivity index (χ1v) is 6.34. The van der Waals surface area contributed by atoms with Gasteiger partial charge in [-0.3, -0.25) is 9.66 Å². The van der Waals surface area contributed by atoms with Gasteiger partial charge in [0.2, 0.25) is 0 Å². The number of nitrogens with zero attached hydrogens (tertiary/aromatic N) is 1. The molecule has 0 saturated carbocycles. The van der Waals surface area contributed by atoms with Gasteiger partial charge >= 0.3 is 0 Å². The molecule has 1 aromatic heterocycles. The second kappa shape index (κ2) is 3.44. The van der Waals surface area contributed by atoms with Gasteiger partial charge < -0.3 is 0 Å². The van der Waals surface area contributed by atoms with Crippen molar-refractivity contribution in [2.75, 3.05) is 0 Å². The lowest BCUT2D eigenvalue weighted by molar-refractivity contribution is 0.597. The van der Waals surface area contributed by atoms with Gasteiger partial charge in [-0.1, -0.05) is 0 Å². The van der Waals surface area contributed by atoms with Crippen LogP contribution < -0.4 is 0 Å². The van der Waals surface area contributed by atoms with E-state index in [4.69, 9.17) is 22.5 Å². The zero-order chi connectivity index (χ0) is 8.32. The SMILES string of the molecule is O=P(Cl)(Cl)C=Cc1ccn[nH]1. The molecule has 0 radical (unpaired) electrons. The van der Waals surface area contributed by atoms with Crippen LogP contribution in [0.5, 0.6) is 0 Å². The lowest BCUT2D eigenvalue weighted by atomic mass is 10.4. The smallest absolute Gasteiger partial charge is 0.275 e. The first-order valence-electron chi connectivity index (χ1n) is 2.75. The molecule has 1 aromatic rings. The first-order chi connectivity index (χ1) is 5.08. The molecule has 0 aliphatic carbocycles. The van der Waals surface area contributed by atoms with E-state index in [1.807, 2.05) is 0 Å². The highest BCUT2D eigenvalue weighted by Gasteiger charge is 2.06. The summed E-state index contributed by atoms with van der Waals surface area (Å²) in [7, 11) is 0. The number of nitrogens with one attached hydrogen (secondary N) is 1. The van der Waals surface area contributed by atoms with Crippen LogP contribution in [0.1, 0.15) is 5.69 Å². The van der Waals surface area contributed by atoms with E-state index < -0.39 is 5.85 Å². The molecule has 6 heteroatoms. The molecule has 0 aliphatic rings. The molecule has 0 spiro atoms. The van der Waals surface area contributed by atoms with Crippen LogP contribution in [-0.2, 0) is 4.57 Å². The van der Waals surface area contributed by atoms with Gasteiger partial charge in [0.15, 0.2) is 0 Å². The maximum atomic E-state index is 10.7. The van der Waals surface area contributed by atoms with Gasteiger partial charge in [-0.05, 0) is 34.6 Å². The molecule has 0 amide bonds. The van der Waals surface area contributed by atoms with Crippen molar-refractivity contribution in [1.29, 1.82) is 0 Å². The van der Waals surface area contributed by atoms with Crippen molar-refractivity contribution in [3.63, 3.8) is 0 Å². The van der Waals surface area contributed by atoms with Crippen molar-refractivity contribution in [1.82, 2.24) is 10.2 Å². The fraction of sp³-hybridized carbons (Fsp3) is 0. The Labute approximate surface area is 73.3 Å². The Hall–Kier alpha value is -0.240. The van der Waals surface area contributed by atoms with Crippen LogP contribution in [0.25, 0.3) is 6.08 Å². The number of aromatic nitrogens is 2. The summed E-state index contributed by atoms with van der Waals surface area (Å²) in [6, 6.07) is 1.71. The van der Waals surface area contributed by atoms with Crippen LogP contribution in [0.4, 0.5) is 0 Å². The molecule has 1 rings (SSSR count). The minimum absolute atomic E-state index is 0.714. The molecule has 0 bridgehead atoms. The third kappa shape index (κ3) is 3.61. The summed E-state index contributed by atoms with van der Waals surface area (Å²) in [5.41, 5.74) is 0.714. The van der Waals surface area contributed by atoms with Crippen LogP contribution in [0.15, 0.2) is 18.1 Å². The van der Waals surface area contributed by atoms with E-state index in [0.717, 1.165) is 0 Å². The minimum atomic E-state index is -3.09. The van der Waals surface area contributed by atoms with Gasteiger partial charge in [0.1, 0.15) is 0 Å². The van der Waals surface area contributed by atoms with Crippen molar-refractivity contribution >= 4 is 34.4 Å². The minimum Gasteiger partial charge on any atom is -0.285 e. The second-order valence-corrected chi connectivity index (χ2v) is 6.67. The quantitative estimate of drug-likeness (QED) is 0.764. The number of halogens is 2. The Morgan fingerprint density at radius 1 is 1.64 bits per heavy atom. The summed E-state index contributed by atoms with van der Waals surface area (Å²) in [5.74, 6) is -1.85. The van der Waals surface area contributed by atoms with Crippen LogP contribution >= 0.6 is 28.3 Å². The highest BCUT2D eigenvalue weighted by molar-refractivity contribution is 8.10. The third-order valence-electron chi connectivity index (χ3n) is 0.950. The predicted molar refractivity (Wildman–Crippen MR) is 46.9 cm³/mol. The van der Waals surface area contributed by atoms with Crippen LogP contribution in [-0.4, -0.2) is 10.2 Å². The average Bonchev–Trinajstić information content (AvgIpc) is 2.32. The summed E-state index contributed by atoms with van der Waals surface area (Å²) in [6.45, 7) is 0. The fourth-order valence-electron chi connectivity index (χ4n) is 0.527. The molecule has 3 nitrogen and oxygen atoms in total. The topological polar surface area (TPSA) is 45.8 Å². The van der Waals surface area contributed by atoms with E-state index in [2.05, 4.69) is 10.2 Å². The number of hydrogen-bond acceptors (Lipinski definition) is 2. The van der Waals surface area contributed by atoms with Crippen LogP contribution in [0.2, 0.25) is 0 Å². The zero-order valence-corrected chi connectivity index (χ0v) is 7.77. The number of aromatic amines is 1. The molecule has 1 N–H and O–H groups in total. The molecule has 0 aliphatic heterocycles. The Balaban J connectivity index is 2.71. The van der Waals surface area contributed by atoms with Gasteiger partial charge in [-0.25, -0.2) is 0 Å². The molecule has 0 fully saturated rings. The van der Waals surface area contributed by atoms with E-state index in [1.165, 1.54) is 11.9 Å². The lowest BCUT2D eigenvalue weighted by Gasteiger charge is -1.88. The molecule has 0 saturated heterocycles. The van der Waals surface area contributed by atoms with Crippen molar-refractivity contribution in [3.05, 3.63) is 23.8 Å². The normalized spacial score (nSPS) is 12.5. The number of H-pyrrole nitrogens is 1. The average molecular weight is 211 g/mol. The van der Waals surface area contributed by atoms with Crippen molar-refractivity contribution < 1.29 is 4.57 Å². The summed E-state index contributed by atoms with van der Waals surface area (Å²) in [5, 5.41) is 6.31. The largest absolute Gasteiger partial charge is 0.285 e. The van der Waals surface area contributed by atoms with E-state index in [9.17, 15) is 4.57 Å². The molecular weight excluding hydrogens is 206 g/mol. The van der Waals surface area contributed by atoms with E-state index in [-0.39, 0.29) is 0 Å². The zero-order valence-electron chi connectivity index (χ0n) is 5.37. The van der Waals surface area contributed by atoms with Gasteiger partial charge in [0, 0.05) is 12.0 Å². The van der Waals surface area contributed by atoms with Crippen LogP contribution in [0.3, 0.4) is 0 Å². The Kier molecular flexibility index (Phi) is 2.77. The molecule has 0 atom stereocenters. The number of rotatable bonds is 2. The number of hydrogen-bond donors (Lipinski definition) is 1. The molecule has 11 heavy (non-hydrogen) atoms. The third-order valence-corrected chi connectivity index (χ3v) is 2.12. The maximum absolute atomic E-state index is 10.7. The molecule has 0 aromatic carbocycles. The van der Waals surface area contributed by atoms with Gasteiger partial charge in [0.05, 0.1) is 5.69 Å². The van der Waals surface area contributed by atoms with Gasteiger partial charge in [-0.15, -0.1) is 0 Å². The Morgan fingerprint density at radius 2 is 2.36 bits per heavy atom. The van der Waals surface area contributed by atoms with Crippen molar-refractivity contribution in [3.8, 4) is 0 Å². The monoisotopic (exact) mass is 210 g/mol. The summed E-state index contributed by atoms with van der Waals surface area (Å²) < 4.78 is 10.7. The van der Waals surface area contributed by atoms with E-state index >= 15 is 0 Å². The van der Waals surface area contributed by atoms with E-state index in [1.54, 1.807) is 12.3 Å². The van der Waals surface area contributed by atoms with Crippen LogP contribution in [0, 0.1) is 0 Å². The van der Waals surface area contributed by atoms with Crippen molar-refractivity contribution in [2.24, 2.45) is 0 Å². The van der Waals surface area contributed by atoms with Crippen molar-refractivity contribution in [2.45, 2.75) is 0 Å². The molecule has 1 heterocycles. The summed E-state index contributed by atoms with van der Waals surface area (Å²) in [4.78, 5) is 0. The lowest BCUT2D eigenvalue weighted by Crippen LogP contribution is -1.68. The molecule has 60 valence electrons. The van der Waals surface area contributed by atoms with E-state index in [0.29, 0.717) is 5.69 Å². The fourth-order valence-corrected chi connectivity index (χ4v) is 1.20. The highest BCUT2D eigenvalue weighted by atomic mass is 35.9. The van der Waals surface area contributed by atoms with Gasteiger partial charge in [-0.2, -0.15) is 5.10 Å². The second-order valence-electron chi connectivity index (χ2n) is 1.83. The Bertz CT molecular complexity index is 289. The molecular formula is C5H5Cl2N2OP. The summed E-state index contributed by atoms with van der Waals surface area (Å²) in [6.07, 6.45) is 3.10. The maximum Gasteiger partial charge on any atom is 0.275 e. The molecule has 0 unspecified atom stereocenters. The first kappa shape index (κ1) is 8.85.